The molecule has 0 radical (unpaired) electrons. The van der Waals surface area contributed by atoms with Crippen molar-refractivity contribution in [2.75, 3.05) is 25.0 Å². The molecule has 0 saturated carbocycles. The third-order valence-corrected chi connectivity index (χ3v) is 3.17. The molecule has 7 heteroatoms. The molecule has 0 atom stereocenters. The monoisotopic (exact) mass is 308 g/mol. The zero-order valence-corrected chi connectivity index (χ0v) is 12.8. The molecule has 0 aromatic heterocycles. The van der Waals surface area contributed by atoms with E-state index in [-0.39, 0.29) is 23.9 Å². The summed E-state index contributed by atoms with van der Waals surface area (Å²) in [5.74, 6) is -0.572. The van der Waals surface area contributed by atoms with Crippen molar-refractivity contribution in [1.82, 2.24) is 4.90 Å². The first kappa shape index (κ1) is 17.1. The molecule has 0 spiro atoms. The van der Waals surface area contributed by atoms with Crippen LogP contribution in [0.4, 0.5) is 5.69 Å². The standard InChI is InChI=1S/C14H20N4O2S/c1-2-18(9-12(15)19)8-7-13(20)17-11-6-4-3-5-10(11)14(16)21/h3-6H,2,7-9H2,1H3,(H2,15,19)(H2,16,21)(H,17,20). The zero-order chi connectivity index (χ0) is 15.8. The molecule has 21 heavy (non-hydrogen) atoms. The summed E-state index contributed by atoms with van der Waals surface area (Å²) in [7, 11) is 0. The Morgan fingerprint density at radius 3 is 2.52 bits per heavy atom. The van der Waals surface area contributed by atoms with Crippen LogP contribution in [0.5, 0.6) is 0 Å². The molecular formula is C14H20N4O2S. The van der Waals surface area contributed by atoms with Gasteiger partial charge in [-0.1, -0.05) is 31.3 Å². The number of carbonyl (C=O) groups is 2. The van der Waals surface area contributed by atoms with Crippen molar-refractivity contribution in [3.05, 3.63) is 29.8 Å². The molecule has 0 heterocycles. The fourth-order valence-electron chi connectivity index (χ4n) is 1.85. The molecule has 1 aromatic carbocycles. The van der Waals surface area contributed by atoms with Gasteiger partial charge in [0.1, 0.15) is 4.99 Å². The lowest BCUT2D eigenvalue weighted by Crippen LogP contribution is -2.35. The SMILES string of the molecule is CCN(CCC(=O)Nc1ccccc1C(N)=S)CC(N)=O. The Bertz CT molecular complexity index is 533. The van der Waals surface area contributed by atoms with Gasteiger partial charge in [-0.2, -0.15) is 0 Å². The number of amides is 2. The summed E-state index contributed by atoms with van der Waals surface area (Å²) in [6.07, 6.45) is 0.257. The number of nitrogens with one attached hydrogen (secondary N) is 1. The Kier molecular flexibility index (Phi) is 6.77. The molecule has 6 nitrogen and oxygen atoms in total. The van der Waals surface area contributed by atoms with Crippen molar-refractivity contribution in [2.45, 2.75) is 13.3 Å². The van der Waals surface area contributed by atoms with Crippen molar-refractivity contribution in [3.63, 3.8) is 0 Å². The van der Waals surface area contributed by atoms with Gasteiger partial charge in [0.15, 0.2) is 0 Å². The molecule has 0 unspecified atom stereocenters. The number of hydrogen-bond acceptors (Lipinski definition) is 4. The number of nitrogens with zero attached hydrogens (tertiary/aromatic N) is 1. The molecule has 0 bridgehead atoms. The fourth-order valence-corrected chi connectivity index (χ4v) is 2.03. The van der Waals surface area contributed by atoms with E-state index in [1.807, 2.05) is 6.92 Å². The normalized spacial score (nSPS) is 10.4. The highest BCUT2D eigenvalue weighted by molar-refractivity contribution is 7.80. The first-order valence-corrected chi connectivity index (χ1v) is 7.04. The van der Waals surface area contributed by atoms with Crippen LogP contribution >= 0.6 is 12.2 Å². The van der Waals surface area contributed by atoms with E-state index in [0.29, 0.717) is 24.3 Å². The highest BCUT2D eigenvalue weighted by Gasteiger charge is 2.11. The molecule has 5 N–H and O–H groups in total. The van der Waals surface area contributed by atoms with Gasteiger partial charge < -0.3 is 16.8 Å². The Hall–Kier alpha value is -1.99. The third-order valence-electron chi connectivity index (χ3n) is 2.95. The van der Waals surface area contributed by atoms with Crippen LogP contribution < -0.4 is 16.8 Å². The van der Waals surface area contributed by atoms with Gasteiger partial charge >= 0.3 is 0 Å². The summed E-state index contributed by atoms with van der Waals surface area (Å²) in [6, 6.07) is 7.09. The maximum Gasteiger partial charge on any atom is 0.231 e. The molecule has 114 valence electrons. The van der Waals surface area contributed by atoms with Crippen LogP contribution in [0.25, 0.3) is 0 Å². The second-order valence-electron chi connectivity index (χ2n) is 4.54. The number of hydrogen-bond donors (Lipinski definition) is 3. The molecular weight excluding hydrogens is 288 g/mol. The molecule has 1 rings (SSSR count). The van der Waals surface area contributed by atoms with E-state index in [4.69, 9.17) is 23.7 Å². The van der Waals surface area contributed by atoms with E-state index in [1.165, 1.54) is 0 Å². The second-order valence-corrected chi connectivity index (χ2v) is 4.98. The maximum atomic E-state index is 12.0. The predicted molar refractivity (Wildman–Crippen MR) is 86.9 cm³/mol. The molecule has 0 aliphatic heterocycles. The van der Waals surface area contributed by atoms with Gasteiger partial charge in [0.05, 0.1) is 12.2 Å². The van der Waals surface area contributed by atoms with Gasteiger partial charge in [-0.3, -0.25) is 14.5 Å². The zero-order valence-electron chi connectivity index (χ0n) is 12.0. The van der Waals surface area contributed by atoms with Crippen LogP contribution in [0.3, 0.4) is 0 Å². The average Bonchev–Trinajstić information content (AvgIpc) is 2.43. The van der Waals surface area contributed by atoms with Gasteiger partial charge in [-0.25, -0.2) is 0 Å². The molecule has 0 saturated heterocycles. The van der Waals surface area contributed by atoms with Gasteiger partial charge in [-0.15, -0.1) is 0 Å². The predicted octanol–water partition coefficient (Wildman–Crippen LogP) is 0.457. The number of nitrogens with two attached hydrogens (primary N) is 2. The van der Waals surface area contributed by atoms with Crippen molar-refractivity contribution in [1.29, 1.82) is 0 Å². The number of anilines is 1. The average molecular weight is 308 g/mol. The van der Waals surface area contributed by atoms with Gasteiger partial charge in [0.2, 0.25) is 11.8 Å². The van der Waals surface area contributed by atoms with E-state index in [2.05, 4.69) is 5.32 Å². The lowest BCUT2D eigenvalue weighted by atomic mass is 10.1. The van der Waals surface area contributed by atoms with Crippen molar-refractivity contribution >= 4 is 34.7 Å². The van der Waals surface area contributed by atoms with E-state index < -0.39 is 5.91 Å². The smallest absolute Gasteiger partial charge is 0.231 e. The Labute approximate surface area is 129 Å². The van der Waals surface area contributed by atoms with Crippen LogP contribution in [-0.2, 0) is 9.59 Å². The number of para-hydroxylation sites is 1. The highest BCUT2D eigenvalue weighted by Crippen LogP contribution is 2.15. The van der Waals surface area contributed by atoms with Gasteiger partial charge in [0.25, 0.3) is 0 Å². The Morgan fingerprint density at radius 1 is 1.29 bits per heavy atom. The lowest BCUT2D eigenvalue weighted by Gasteiger charge is -2.18. The van der Waals surface area contributed by atoms with E-state index in [0.717, 1.165) is 0 Å². The van der Waals surface area contributed by atoms with Gasteiger partial charge in [0, 0.05) is 18.5 Å². The van der Waals surface area contributed by atoms with Crippen LogP contribution in [0.2, 0.25) is 0 Å². The topological polar surface area (TPSA) is 101 Å². The van der Waals surface area contributed by atoms with Crippen LogP contribution in [0.15, 0.2) is 24.3 Å². The van der Waals surface area contributed by atoms with Crippen LogP contribution in [-0.4, -0.2) is 41.3 Å². The summed E-state index contributed by atoms with van der Waals surface area (Å²) in [4.78, 5) is 24.9. The Balaban J connectivity index is 2.58. The van der Waals surface area contributed by atoms with E-state index in [1.54, 1.807) is 29.2 Å². The summed E-state index contributed by atoms with van der Waals surface area (Å²) in [5, 5.41) is 2.78. The van der Waals surface area contributed by atoms with E-state index in [9.17, 15) is 9.59 Å². The van der Waals surface area contributed by atoms with Crippen molar-refractivity contribution in [3.8, 4) is 0 Å². The van der Waals surface area contributed by atoms with Crippen molar-refractivity contribution in [2.24, 2.45) is 11.5 Å². The number of thiocarbonyl (C=S) groups is 1. The number of carbonyl (C=O) groups excluding carboxylic acids is 2. The largest absolute Gasteiger partial charge is 0.389 e. The van der Waals surface area contributed by atoms with Crippen LogP contribution in [0.1, 0.15) is 18.9 Å². The molecule has 2 amide bonds. The summed E-state index contributed by atoms with van der Waals surface area (Å²) in [6.45, 7) is 3.16. The van der Waals surface area contributed by atoms with Gasteiger partial charge in [-0.05, 0) is 18.7 Å². The summed E-state index contributed by atoms with van der Waals surface area (Å²) < 4.78 is 0. The molecule has 1 aromatic rings. The number of benzene rings is 1. The summed E-state index contributed by atoms with van der Waals surface area (Å²) >= 11 is 4.94. The minimum Gasteiger partial charge on any atom is -0.389 e. The minimum atomic E-state index is -0.406. The number of primary amides is 1. The molecule has 0 aliphatic rings. The van der Waals surface area contributed by atoms with E-state index >= 15 is 0 Å². The first-order chi connectivity index (χ1) is 9.93. The quantitative estimate of drug-likeness (QED) is 0.606. The molecule has 0 fully saturated rings. The number of likely N-dealkylation sites (N-methyl/N-ethyl adjacent to an activating group) is 1. The first-order valence-electron chi connectivity index (χ1n) is 6.63. The fraction of sp³-hybridized carbons (Fsp3) is 0.357. The van der Waals surface area contributed by atoms with Crippen molar-refractivity contribution < 1.29 is 9.59 Å². The highest BCUT2D eigenvalue weighted by atomic mass is 32.1. The number of rotatable bonds is 8. The third kappa shape index (κ3) is 5.88. The molecule has 0 aliphatic carbocycles. The second kappa shape index (κ2) is 8.33. The Morgan fingerprint density at radius 2 is 1.95 bits per heavy atom. The minimum absolute atomic E-state index is 0.146. The lowest BCUT2D eigenvalue weighted by molar-refractivity contribution is -0.120. The summed E-state index contributed by atoms with van der Waals surface area (Å²) in [5.41, 5.74) is 12.0. The van der Waals surface area contributed by atoms with Crippen LogP contribution in [0, 0.1) is 0 Å². The maximum absolute atomic E-state index is 12.0.